The van der Waals surface area contributed by atoms with Gasteiger partial charge in [0.2, 0.25) is 10.0 Å². The number of sulfonamides is 1. The van der Waals surface area contributed by atoms with Gasteiger partial charge in [0.25, 0.3) is 0 Å². The molecule has 0 radical (unpaired) electrons. The van der Waals surface area contributed by atoms with Crippen LogP contribution in [-0.4, -0.2) is 57.5 Å². The molecule has 2 aromatic rings. The third kappa shape index (κ3) is 5.41. The van der Waals surface area contributed by atoms with Gasteiger partial charge in [-0.2, -0.15) is 4.31 Å². The molecule has 9 heteroatoms. The van der Waals surface area contributed by atoms with Gasteiger partial charge in [-0.05, 0) is 36.6 Å². The first-order valence-electron chi connectivity index (χ1n) is 9.31. The smallest absolute Gasteiger partial charge is 0.338 e. The first-order chi connectivity index (χ1) is 14.3. The largest absolute Gasteiger partial charge is 0.495 e. The summed E-state index contributed by atoms with van der Waals surface area (Å²) < 4.78 is 37.3. The van der Waals surface area contributed by atoms with Gasteiger partial charge in [0.15, 0.2) is 12.4 Å². The highest BCUT2D eigenvalue weighted by atomic mass is 32.2. The van der Waals surface area contributed by atoms with Crippen LogP contribution >= 0.6 is 11.8 Å². The summed E-state index contributed by atoms with van der Waals surface area (Å²) in [6.45, 7) is 3.56. The average molecular weight is 452 g/mol. The van der Waals surface area contributed by atoms with E-state index in [0.717, 1.165) is 4.90 Å². The molecule has 0 aliphatic rings. The second kappa shape index (κ2) is 10.6. The van der Waals surface area contributed by atoms with Gasteiger partial charge in [0.1, 0.15) is 10.6 Å². The van der Waals surface area contributed by atoms with Crippen molar-refractivity contribution in [3.63, 3.8) is 0 Å². The minimum Gasteiger partial charge on any atom is -0.495 e. The maximum absolute atomic E-state index is 12.9. The molecule has 0 spiro atoms. The van der Waals surface area contributed by atoms with Gasteiger partial charge >= 0.3 is 5.97 Å². The Labute approximate surface area is 181 Å². The maximum Gasteiger partial charge on any atom is 0.338 e. The summed E-state index contributed by atoms with van der Waals surface area (Å²) in [4.78, 5) is 25.6. The SMILES string of the molecule is CCN(CC)S(=O)(=O)c1cc(C(=O)OCC(=O)c2ccc(SC)cc2)ccc1OC. The molecule has 0 atom stereocenters. The summed E-state index contributed by atoms with van der Waals surface area (Å²) in [5, 5.41) is 0. The van der Waals surface area contributed by atoms with Crippen LogP contribution in [0.5, 0.6) is 5.75 Å². The van der Waals surface area contributed by atoms with Crippen LogP contribution in [0.15, 0.2) is 52.3 Å². The Morgan fingerprint density at radius 2 is 1.60 bits per heavy atom. The predicted octanol–water partition coefficient (Wildman–Crippen LogP) is 3.49. The number of ketones is 1. The van der Waals surface area contributed by atoms with Crippen molar-refractivity contribution in [1.82, 2.24) is 4.31 Å². The van der Waals surface area contributed by atoms with Gasteiger partial charge in [-0.15, -0.1) is 11.8 Å². The Morgan fingerprint density at radius 3 is 2.13 bits per heavy atom. The standard InChI is InChI=1S/C21H25NO6S2/c1-5-22(6-2)30(25,26)20-13-16(9-12-19(20)27-3)21(24)28-14-18(23)15-7-10-17(29-4)11-8-15/h7-13H,5-6,14H2,1-4H3. The number of carbonyl (C=O) groups excluding carboxylic acids is 2. The molecular weight excluding hydrogens is 426 g/mol. The third-order valence-corrected chi connectivity index (χ3v) is 7.28. The fraction of sp³-hybridized carbons (Fsp3) is 0.333. The lowest BCUT2D eigenvalue weighted by atomic mass is 10.1. The van der Waals surface area contributed by atoms with Gasteiger partial charge in [0, 0.05) is 23.5 Å². The monoisotopic (exact) mass is 451 g/mol. The molecule has 0 heterocycles. The third-order valence-electron chi connectivity index (χ3n) is 4.47. The van der Waals surface area contributed by atoms with E-state index in [4.69, 9.17) is 9.47 Å². The Hall–Kier alpha value is -2.36. The van der Waals surface area contributed by atoms with E-state index in [1.165, 1.54) is 29.6 Å². The van der Waals surface area contributed by atoms with Crippen molar-refractivity contribution in [2.75, 3.05) is 33.1 Å². The maximum atomic E-state index is 12.9. The number of methoxy groups -OCH3 is 1. The summed E-state index contributed by atoms with van der Waals surface area (Å²) in [6.07, 6.45) is 1.93. The number of esters is 1. The summed E-state index contributed by atoms with van der Waals surface area (Å²) in [7, 11) is -2.49. The fourth-order valence-electron chi connectivity index (χ4n) is 2.78. The lowest BCUT2D eigenvalue weighted by molar-refractivity contribution is 0.0474. The predicted molar refractivity (Wildman–Crippen MR) is 116 cm³/mol. The minimum atomic E-state index is -3.85. The van der Waals surface area contributed by atoms with Crippen LogP contribution in [0.3, 0.4) is 0 Å². The lowest BCUT2D eigenvalue weighted by Crippen LogP contribution is -2.31. The number of benzene rings is 2. The fourth-order valence-corrected chi connectivity index (χ4v) is 4.83. The van der Waals surface area contributed by atoms with Crippen LogP contribution in [0.4, 0.5) is 0 Å². The Kier molecular flexibility index (Phi) is 8.45. The van der Waals surface area contributed by atoms with Gasteiger partial charge < -0.3 is 9.47 Å². The number of nitrogens with zero attached hydrogens (tertiary/aromatic N) is 1. The molecule has 2 aromatic carbocycles. The number of ether oxygens (including phenoxy) is 2. The number of thioether (sulfide) groups is 1. The second-order valence-corrected chi connectivity index (χ2v) is 8.97. The van der Waals surface area contributed by atoms with Crippen molar-refractivity contribution >= 4 is 33.5 Å². The van der Waals surface area contributed by atoms with Crippen molar-refractivity contribution in [3.05, 3.63) is 53.6 Å². The van der Waals surface area contributed by atoms with Crippen LogP contribution in [-0.2, 0) is 14.8 Å². The van der Waals surface area contributed by atoms with E-state index in [2.05, 4.69) is 0 Å². The molecule has 0 aliphatic carbocycles. The molecule has 0 saturated heterocycles. The molecular formula is C21H25NO6S2. The number of Topliss-reactive ketones (excluding diaryl/α,β-unsaturated/α-hetero) is 1. The molecule has 2 rings (SSSR count). The molecule has 0 bridgehead atoms. The zero-order chi connectivity index (χ0) is 22.3. The van der Waals surface area contributed by atoms with Crippen molar-refractivity contribution in [1.29, 1.82) is 0 Å². The van der Waals surface area contributed by atoms with Crippen LogP contribution in [0, 0.1) is 0 Å². The quantitative estimate of drug-likeness (QED) is 0.310. The zero-order valence-electron chi connectivity index (χ0n) is 17.4. The van der Waals surface area contributed by atoms with E-state index in [1.54, 1.807) is 37.7 Å². The summed E-state index contributed by atoms with van der Waals surface area (Å²) >= 11 is 1.56. The molecule has 162 valence electrons. The highest BCUT2D eigenvalue weighted by Gasteiger charge is 2.27. The van der Waals surface area contributed by atoms with Crippen molar-refractivity contribution in [2.24, 2.45) is 0 Å². The Morgan fingerprint density at radius 1 is 1.00 bits per heavy atom. The first kappa shape index (κ1) is 23.9. The first-order valence-corrected chi connectivity index (χ1v) is 12.0. The summed E-state index contributed by atoms with van der Waals surface area (Å²) in [6, 6.07) is 11.0. The van der Waals surface area contributed by atoms with Crippen molar-refractivity contribution in [3.8, 4) is 5.75 Å². The average Bonchev–Trinajstić information content (AvgIpc) is 2.77. The van der Waals surface area contributed by atoms with E-state index in [9.17, 15) is 18.0 Å². The molecule has 0 aliphatic heterocycles. The van der Waals surface area contributed by atoms with Gasteiger partial charge in [-0.1, -0.05) is 26.0 Å². The van der Waals surface area contributed by atoms with E-state index < -0.39 is 22.6 Å². The molecule has 0 aromatic heterocycles. The highest BCUT2D eigenvalue weighted by molar-refractivity contribution is 7.98. The number of hydrogen-bond acceptors (Lipinski definition) is 7. The van der Waals surface area contributed by atoms with Crippen LogP contribution in [0.25, 0.3) is 0 Å². The lowest BCUT2D eigenvalue weighted by Gasteiger charge is -2.20. The van der Waals surface area contributed by atoms with Crippen LogP contribution in [0.1, 0.15) is 34.6 Å². The molecule has 30 heavy (non-hydrogen) atoms. The minimum absolute atomic E-state index is 0.0204. The molecule has 0 N–H and O–H groups in total. The number of hydrogen-bond donors (Lipinski definition) is 0. The van der Waals surface area contributed by atoms with Crippen LogP contribution in [0.2, 0.25) is 0 Å². The molecule has 7 nitrogen and oxygen atoms in total. The molecule has 0 saturated carbocycles. The van der Waals surface area contributed by atoms with Crippen LogP contribution < -0.4 is 4.74 Å². The number of carbonyl (C=O) groups is 2. The second-order valence-electron chi connectivity index (χ2n) is 6.18. The van der Waals surface area contributed by atoms with E-state index in [-0.39, 0.29) is 35.1 Å². The zero-order valence-corrected chi connectivity index (χ0v) is 19.0. The highest BCUT2D eigenvalue weighted by Crippen LogP contribution is 2.28. The summed E-state index contributed by atoms with van der Waals surface area (Å²) in [5.74, 6) is -1.01. The molecule has 0 unspecified atom stereocenters. The summed E-state index contributed by atoms with van der Waals surface area (Å²) in [5.41, 5.74) is 0.451. The normalized spacial score (nSPS) is 11.4. The van der Waals surface area contributed by atoms with Crippen molar-refractivity contribution in [2.45, 2.75) is 23.6 Å². The Bertz CT molecular complexity index is 999. The van der Waals surface area contributed by atoms with Gasteiger partial charge in [-0.3, -0.25) is 4.79 Å². The van der Waals surface area contributed by atoms with E-state index in [0.29, 0.717) is 5.56 Å². The molecule has 0 amide bonds. The molecule has 0 fully saturated rings. The van der Waals surface area contributed by atoms with E-state index >= 15 is 0 Å². The van der Waals surface area contributed by atoms with Crippen molar-refractivity contribution < 1.29 is 27.5 Å². The van der Waals surface area contributed by atoms with Gasteiger partial charge in [0.05, 0.1) is 12.7 Å². The topological polar surface area (TPSA) is 90.0 Å². The number of rotatable bonds is 10. The Balaban J connectivity index is 2.20. The van der Waals surface area contributed by atoms with Gasteiger partial charge in [-0.25, -0.2) is 13.2 Å². The van der Waals surface area contributed by atoms with E-state index in [1.807, 2.05) is 18.4 Å².